The Kier molecular flexibility index (Phi) is 7.52. The first-order valence-electron chi connectivity index (χ1n) is 18.8. The number of rotatable bonds is 6. The van der Waals surface area contributed by atoms with Crippen LogP contribution in [0.2, 0.25) is 0 Å². The van der Waals surface area contributed by atoms with Gasteiger partial charge in [-0.05, 0) is 81.9 Å². The Morgan fingerprint density at radius 2 is 0.661 bits per heavy atom. The summed E-state index contributed by atoms with van der Waals surface area (Å²) in [6, 6.07) is 55.2. The van der Waals surface area contributed by atoms with Gasteiger partial charge in [0.2, 0.25) is 0 Å². The Bertz CT molecular complexity index is 2600. The topological polar surface area (TPSA) is 77.3 Å². The van der Waals surface area contributed by atoms with Crippen molar-refractivity contribution in [2.45, 2.75) is 11.8 Å². The van der Waals surface area contributed by atoms with E-state index in [-0.39, 0.29) is 11.8 Å². The van der Waals surface area contributed by atoms with Gasteiger partial charge < -0.3 is 0 Å². The third kappa shape index (κ3) is 5.42. The third-order valence-electron chi connectivity index (χ3n) is 11.1. The molecule has 4 heterocycles. The SMILES string of the molecule is c1ccc(-c2cc(-c3cccnc3)nc(-c3ccc4c(c3)C3c5ccccc5C4c4cc(-c5nc(-c6ccccc6)cc(-c6cccnc6)n5)ccc43)n2)cc1. The minimum absolute atomic E-state index is 0.0628. The van der Waals surface area contributed by atoms with Gasteiger partial charge in [0.1, 0.15) is 0 Å². The van der Waals surface area contributed by atoms with E-state index in [0.717, 1.165) is 56.2 Å². The Morgan fingerprint density at radius 1 is 0.286 bits per heavy atom. The molecule has 0 N–H and O–H groups in total. The maximum Gasteiger partial charge on any atom is 0.160 e. The zero-order chi connectivity index (χ0) is 37.0. The normalized spacial score (nSPS) is 14.8. The quantitative estimate of drug-likeness (QED) is 0.170. The molecule has 4 aromatic heterocycles. The van der Waals surface area contributed by atoms with E-state index in [2.05, 4.69) is 107 Å². The minimum atomic E-state index is 0.0628. The molecule has 2 unspecified atom stereocenters. The van der Waals surface area contributed by atoms with E-state index in [1.165, 1.54) is 33.4 Å². The molecular formula is C50H32N6. The van der Waals surface area contributed by atoms with Crippen LogP contribution < -0.4 is 0 Å². The molecule has 9 aromatic rings. The van der Waals surface area contributed by atoms with Crippen LogP contribution in [-0.4, -0.2) is 29.9 Å². The van der Waals surface area contributed by atoms with E-state index >= 15 is 0 Å². The highest BCUT2D eigenvalue weighted by Crippen LogP contribution is 2.56. The highest BCUT2D eigenvalue weighted by molar-refractivity contribution is 5.77. The van der Waals surface area contributed by atoms with Crippen LogP contribution in [-0.2, 0) is 0 Å². The van der Waals surface area contributed by atoms with Crippen molar-refractivity contribution in [2.24, 2.45) is 0 Å². The third-order valence-corrected chi connectivity index (χ3v) is 11.1. The molecule has 2 atom stereocenters. The second-order valence-corrected chi connectivity index (χ2v) is 14.3. The number of hydrogen-bond donors (Lipinski definition) is 0. The van der Waals surface area contributed by atoms with E-state index in [1.807, 2.05) is 73.1 Å². The molecule has 3 aliphatic carbocycles. The van der Waals surface area contributed by atoms with Crippen LogP contribution in [0.3, 0.4) is 0 Å². The second kappa shape index (κ2) is 13.1. The highest BCUT2D eigenvalue weighted by Gasteiger charge is 2.41. The summed E-state index contributed by atoms with van der Waals surface area (Å²) >= 11 is 0. The molecule has 262 valence electrons. The van der Waals surface area contributed by atoms with Crippen molar-refractivity contribution >= 4 is 0 Å². The van der Waals surface area contributed by atoms with Crippen LogP contribution >= 0.6 is 0 Å². The van der Waals surface area contributed by atoms with Gasteiger partial charge in [-0.15, -0.1) is 0 Å². The largest absolute Gasteiger partial charge is 0.264 e. The lowest BCUT2D eigenvalue weighted by atomic mass is 9.61. The molecule has 0 aliphatic heterocycles. The van der Waals surface area contributed by atoms with Gasteiger partial charge in [0.25, 0.3) is 0 Å². The van der Waals surface area contributed by atoms with Crippen molar-refractivity contribution in [3.8, 4) is 67.8 Å². The number of pyridine rings is 2. The Hall–Kier alpha value is -7.44. The van der Waals surface area contributed by atoms with E-state index < -0.39 is 0 Å². The van der Waals surface area contributed by atoms with Gasteiger partial charge in [0.05, 0.1) is 22.8 Å². The number of nitrogens with zero attached hydrogens (tertiary/aromatic N) is 6. The fourth-order valence-electron chi connectivity index (χ4n) is 8.49. The molecule has 0 radical (unpaired) electrons. The fraction of sp³-hybridized carbons (Fsp3) is 0.0400. The van der Waals surface area contributed by atoms with Gasteiger partial charge in [-0.25, -0.2) is 19.9 Å². The molecule has 2 bridgehead atoms. The van der Waals surface area contributed by atoms with E-state index in [1.54, 1.807) is 12.4 Å². The lowest BCUT2D eigenvalue weighted by Crippen LogP contribution is -2.27. The molecule has 0 fully saturated rings. The summed E-state index contributed by atoms with van der Waals surface area (Å²) in [6.07, 6.45) is 7.29. The fourth-order valence-corrected chi connectivity index (χ4v) is 8.49. The zero-order valence-electron chi connectivity index (χ0n) is 30.2. The summed E-state index contributed by atoms with van der Waals surface area (Å²) in [6.45, 7) is 0. The predicted octanol–water partition coefficient (Wildman–Crippen LogP) is 11.0. The lowest BCUT2D eigenvalue weighted by molar-refractivity contribution is 0.754. The van der Waals surface area contributed by atoms with Crippen LogP contribution in [0, 0.1) is 0 Å². The Labute approximate surface area is 324 Å². The van der Waals surface area contributed by atoms with Crippen LogP contribution in [0.5, 0.6) is 0 Å². The van der Waals surface area contributed by atoms with Crippen molar-refractivity contribution < 1.29 is 0 Å². The maximum atomic E-state index is 5.15. The van der Waals surface area contributed by atoms with Gasteiger partial charge >= 0.3 is 0 Å². The second-order valence-electron chi connectivity index (χ2n) is 14.3. The van der Waals surface area contributed by atoms with E-state index in [9.17, 15) is 0 Å². The molecule has 12 rings (SSSR count). The smallest absolute Gasteiger partial charge is 0.160 e. The summed E-state index contributed by atoms with van der Waals surface area (Å²) in [4.78, 5) is 29.3. The molecule has 0 spiro atoms. The van der Waals surface area contributed by atoms with Crippen molar-refractivity contribution in [1.82, 2.24) is 29.9 Å². The molecule has 5 aromatic carbocycles. The van der Waals surface area contributed by atoms with Crippen LogP contribution in [0.25, 0.3) is 67.8 Å². The summed E-state index contributed by atoms with van der Waals surface area (Å²) < 4.78 is 0. The number of hydrogen-bond acceptors (Lipinski definition) is 6. The van der Waals surface area contributed by atoms with E-state index in [4.69, 9.17) is 19.9 Å². The molecule has 3 aliphatic rings. The first-order valence-corrected chi connectivity index (χ1v) is 18.8. The average molecular weight is 717 g/mol. The Balaban J connectivity index is 1.05. The van der Waals surface area contributed by atoms with Crippen LogP contribution in [0.1, 0.15) is 45.2 Å². The zero-order valence-corrected chi connectivity index (χ0v) is 30.2. The highest BCUT2D eigenvalue weighted by atomic mass is 14.9. The number of benzene rings is 5. The summed E-state index contributed by atoms with van der Waals surface area (Å²) in [5.74, 6) is 1.51. The standard InChI is InChI=1S/C50H32N6/c1-3-11-31(12-4-1)43-27-45(35-15-9-23-51-29-35)55-49(53-43)33-19-21-39-41(25-33)47-37-17-7-8-18-38(37)48(39)42-26-34(20-22-40(42)47)50-54-44(32-13-5-2-6-14-32)28-46(56-50)36-16-10-24-52-30-36/h1-30,47-48H. The van der Waals surface area contributed by atoms with Gasteiger partial charge in [-0.3, -0.25) is 9.97 Å². The molecule has 6 heteroatoms. The summed E-state index contributed by atoms with van der Waals surface area (Å²) in [7, 11) is 0. The van der Waals surface area contributed by atoms with Crippen molar-refractivity contribution in [2.75, 3.05) is 0 Å². The lowest BCUT2D eigenvalue weighted by Gasteiger charge is -2.42. The van der Waals surface area contributed by atoms with Crippen molar-refractivity contribution in [3.63, 3.8) is 0 Å². The monoisotopic (exact) mass is 716 g/mol. The van der Waals surface area contributed by atoms with Gasteiger partial charge in [0, 0.05) is 70.0 Å². The summed E-state index contributed by atoms with van der Waals surface area (Å²) in [5.41, 5.74) is 17.3. The van der Waals surface area contributed by atoms with Gasteiger partial charge in [-0.1, -0.05) is 109 Å². The maximum absolute atomic E-state index is 5.15. The molecule has 0 amide bonds. The average Bonchev–Trinajstić information content (AvgIpc) is 3.29. The van der Waals surface area contributed by atoms with Gasteiger partial charge in [-0.2, -0.15) is 0 Å². The molecule has 0 saturated heterocycles. The first-order chi connectivity index (χ1) is 27.7. The summed E-state index contributed by atoms with van der Waals surface area (Å²) in [5, 5.41) is 0. The van der Waals surface area contributed by atoms with Crippen LogP contribution in [0.15, 0.2) is 183 Å². The van der Waals surface area contributed by atoms with Crippen molar-refractivity contribution in [3.05, 3.63) is 216 Å². The molecule has 6 nitrogen and oxygen atoms in total. The molecular weight excluding hydrogens is 685 g/mol. The van der Waals surface area contributed by atoms with E-state index in [0.29, 0.717) is 11.6 Å². The number of aromatic nitrogens is 6. The van der Waals surface area contributed by atoms with Crippen molar-refractivity contribution in [1.29, 1.82) is 0 Å². The molecule has 56 heavy (non-hydrogen) atoms. The van der Waals surface area contributed by atoms with Gasteiger partial charge in [0.15, 0.2) is 11.6 Å². The van der Waals surface area contributed by atoms with Crippen LogP contribution in [0.4, 0.5) is 0 Å². The minimum Gasteiger partial charge on any atom is -0.264 e. The first kappa shape index (κ1) is 32.0. The predicted molar refractivity (Wildman–Crippen MR) is 221 cm³/mol. The Morgan fingerprint density at radius 3 is 1.07 bits per heavy atom. The molecule has 0 saturated carbocycles.